The molecule has 0 aliphatic rings. The lowest BCUT2D eigenvalue weighted by Gasteiger charge is -2.22. The molecule has 0 spiro atoms. The Labute approximate surface area is 108 Å². The van der Waals surface area contributed by atoms with E-state index < -0.39 is 11.4 Å². The minimum Gasteiger partial charge on any atom is -0.507 e. The molecular weight excluding hydrogens is 228 g/mol. The molecule has 1 aromatic carbocycles. The van der Waals surface area contributed by atoms with Gasteiger partial charge in [-0.25, -0.2) is 0 Å². The quantitative estimate of drug-likeness (QED) is 0.860. The van der Waals surface area contributed by atoms with Crippen LogP contribution in [0.4, 0.5) is 0 Å². The fourth-order valence-corrected chi connectivity index (χ4v) is 1.96. The lowest BCUT2D eigenvalue weighted by molar-refractivity contribution is -0.146. The summed E-state index contributed by atoms with van der Waals surface area (Å²) in [5, 5.41) is 19.5. The highest BCUT2D eigenvalue weighted by Crippen LogP contribution is 2.35. The van der Waals surface area contributed by atoms with Crippen molar-refractivity contribution < 1.29 is 15.0 Å². The Kier molecular flexibility index (Phi) is 4.05. The number of aliphatic carboxylic acids is 1. The van der Waals surface area contributed by atoms with E-state index in [1.54, 1.807) is 13.8 Å². The van der Waals surface area contributed by atoms with Gasteiger partial charge in [-0.1, -0.05) is 26.0 Å². The topological polar surface area (TPSA) is 57.5 Å². The Hall–Kier alpha value is -1.51. The van der Waals surface area contributed by atoms with Gasteiger partial charge in [-0.3, -0.25) is 4.79 Å². The van der Waals surface area contributed by atoms with E-state index in [0.717, 1.165) is 16.7 Å². The van der Waals surface area contributed by atoms with E-state index in [1.165, 1.54) is 0 Å². The Bertz CT molecular complexity index is 459. The van der Waals surface area contributed by atoms with Crippen LogP contribution >= 0.6 is 0 Å². The van der Waals surface area contributed by atoms with E-state index in [0.29, 0.717) is 6.42 Å². The third-order valence-electron chi connectivity index (χ3n) is 3.37. The summed E-state index contributed by atoms with van der Waals surface area (Å²) >= 11 is 0. The average Bonchev–Trinajstić information content (AvgIpc) is 2.23. The summed E-state index contributed by atoms with van der Waals surface area (Å²) in [6.45, 7) is 9.27. The molecule has 0 bridgehead atoms. The van der Waals surface area contributed by atoms with Crippen molar-refractivity contribution in [1.82, 2.24) is 0 Å². The van der Waals surface area contributed by atoms with Crippen molar-refractivity contribution >= 4 is 5.97 Å². The van der Waals surface area contributed by atoms with Crippen LogP contribution in [0, 0.1) is 12.3 Å². The van der Waals surface area contributed by atoms with Crippen LogP contribution in [0.3, 0.4) is 0 Å². The van der Waals surface area contributed by atoms with Crippen molar-refractivity contribution in [1.29, 1.82) is 0 Å². The number of phenolic OH excluding ortho intramolecular Hbond substituents is 1. The maximum Gasteiger partial charge on any atom is 0.309 e. The SMILES string of the molecule is Cc1ccc(C(C)C)c(O)c1CC(C)(C)C(=O)O. The van der Waals surface area contributed by atoms with Gasteiger partial charge in [-0.15, -0.1) is 0 Å². The number of rotatable bonds is 4. The van der Waals surface area contributed by atoms with Crippen LogP contribution in [0.2, 0.25) is 0 Å². The van der Waals surface area contributed by atoms with Crippen molar-refractivity contribution in [3.05, 3.63) is 28.8 Å². The van der Waals surface area contributed by atoms with Gasteiger partial charge < -0.3 is 10.2 Å². The van der Waals surface area contributed by atoms with Gasteiger partial charge >= 0.3 is 5.97 Å². The first-order valence-corrected chi connectivity index (χ1v) is 6.21. The molecule has 0 saturated carbocycles. The Balaban J connectivity index is 3.24. The molecule has 0 atom stereocenters. The first-order valence-electron chi connectivity index (χ1n) is 6.21. The number of hydrogen-bond acceptors (Lipinski definition) is 2. The van der Waals surface area contributed by atoms with Crippen LogP contribution in [0.25, 0.3) is 0 Å². The van der Waals surface area contributed by atoms with E-state index in [2.05, 4.69) is 0 Å². The monoisotopic (exact) mass is 250 g/mol. The van der Waals surface area contributed by atoms with E-state index in [1.807, 2.05) is 32.9 Å². The fraction of sp³-hybridized carbons (Fsp3) is 0.533. The molecule has 100 valence electrons. The Morgan fingerprint density at radius 1 is 1.33 bits per heavy atom. The molecule has 0 fully saturated rings. The second-order valence-corrected chi connectivity index (χ2v) is 5.82. The molecule has 0 aliphatic carbocycles. The van der Waals surface area contributed by atoms with E-state index >= 15 is 0 Å². The molecule has 0 unspecified atom stereocenters. The van der Waals surface area contributed by atoms with E-state index in [9.17, 15) is 15.0 Å². The summed E-state index contributed by atoms with van der Waals surface area (Å²) < 4.78 is 0. The number of aryl methyl sites for hydroxylation is 1. The predicted molar refractivity (Wildman–Crippen MR) is 72.1 cm³/mol. The minimum absolute atomic E-state index is 0.220. The molecule has 2 N–H and O–H groups in total. The predicted octanol–water partition coefficient (Wildman–Crippen LogP) is 3.48. The summed E-state index contributed by atoms with van der Waals surface area (Å²) in [6, 6.07) is 3.86. The lowest BCUT2D eigenvalue weighted by Crippen LogP contribution is -2.26. The maximum absolute atomic E-state index is 11.2. The summed E-state index contributed by atoms with van der Waals surface area (Å²) in [5.74, 6) is -0.382. The van der Waals surface area contributed by atoms with E-state index in [4.69, 9.17) is 0 Å². The van der Waals surface area contributed by atoms with Crippen LogP contribution in [-0.2, 0) is 11.2 Å². The standard InChI is InChI=1S/C15H22O3/c1-9(2)11-7-6-10(3)12(13(11)16)8-15(4,5)14(17)18/h6-7,9,16H,8H2,1-5H3,(H,17,18). The number of hydrogen-bond donors (Lipinski definition) is 2. The second-order valence-electron chi connectivity index (χ2n) is 5.82. The van der Waals surface area contributed by atoms with E-state index in [-0.39, 0.29) is 11.7 Å². The highest BCUT2D eigenvalue weighted by molar-refractivity contribution is 5.74. The lowest BCUT2D eigenvalue weighted by atomic mass is 9.82. The molecule has 0 aromatic heterocycles. The summed E-state index contributed by atoms with van der Waals surface area (Å²) in [6.07, 6.45) is 0.334. The molecule has 18 heavy (non-hydrogen) atoms. The Morgan fingerprint density at radius 3 is 2.33 bits per heavy atom. The van der Waals surface area contributed by atoms with Gasteiger partial charge in [0.1, 0.15) is 5.75 Å². The van der Waals surface area contributed by atoms with Crippen molar-refractivity contribution in [2.75, 3.05) is 0 Å². The highest BCUT2D eigenvalue weighted by atomic mass is 16.4. The normalized spacial score (nSPS) is 11.9. The highest BCUT2D eigenvalue weighted by Gasteiger charge is 2.29. The third-order valence-corrected chi connectivity index (χ3v) is 3.37. The van der Waals surface area contributed by atoms with Gasteiger partial charge in [-0.05, 0) is 49.8 Å². The van der Waals surface area contributed by atoms with Gasteiger partial charge in [-0.2, -0.15) is 0 Å². The zero-order chi connectivity index (χ0) is 14.1. The van der Waals surface area contributed by atoms with Gasteiger partial charge in [0.25, 0.3) is 0 Å². The molecule has 1 rings (SSSR count). The summed E-state index contributed by atoms with van der Waals surface area (Å²) in [7, 11) is 0. The summed E-state index contributed by atoms with van der Waals surface area (Å²) in [5.41, 5.74) is 1.68. The second kappa shape index (κ2) is 5.01. The first-order chi connectivity index (χ1) is 8.16. The molecule has 1 aromatic rings. The molecule has 0 heterocycles. The number of benzene rings is 1. The van der Waals surface area contributed by atoms with Gasteiger partial charge in [0, 0.05) is 0 Å². The van der Waals surface area contributed by atoms with Crippen molar-refractivity contribution in [3.63, 3.8) is 0 Å². The fourth-order valence-electron chi connectivity index (χ4n) is 1.96. The van der Waals surface area contributed by atoms with Crippen molar-refractivity contribution in [3.8, 4) is 5.75 Å². The number of carbonyl (C=O) groups is 1. The smallest absolute Gasteiger partial charge is 0.309 e. The first kappa shape index (κ1) is 14.6. The molecule has 0 amide bonds. The van der Waals surface area contributed by atoms with Gasteiger partial charge in [0.2, 0.25) is 0 Å². The molecule has 3 heteroatoms. The maximum atomic E-state index is 11.2. The number of aromatic hydroxyl groups is 1. The van der Waals surface area contributed by atoms with Gasteiger partial charge in [0.15, 0.2) is 0 Å². The average molecular weight is 250 g/mol. The largest absolute Gasteiger partial charge is 0.507 e. The van der Waals surface area contributed by atoms with Crippen LogP contribution in [0.15, 0.2) is 12.1 Å². The molecular formula is C15H22O3. The molecule has 3 nitrogen and oxygen atoms in total. The van der Waals surface area contributed by atoms with Crippen LogP contribution in [-0.4, -0.2) is 16.2 Å². The van der Waals surface area contributed by atoms with Crippen molar-refractivity contribution in [2.24, 2.45) is 5.41 Å². The number of carboxylic acid groups (broad SMARTS) is 1. The van der Waals surface area contributed by atoms with Crippen LogP contribution in [0.5, 0.6) is 5.75 Å². The summed E-state index contributed by atoms with van der Waals surface area (Å²) in [4.78, 5) is 11.2. The molecule has 0 aliphatic heterocycles. The zero-order valence-corrected chi connectivity index (χ0v) is 11.7. The minimum atomic E-state index is -0.877. The third kappa shape index (κ3) is 2.84. The Morgan fingerprint density at radius 2 is 1.89 bits per heavy atom. The zero-order valence-electron chi connectivity index (χ0n) is 11.7. The van der Waals surface area contributed by atoms with Crippen LogP contribution in [0.1, 0.15) is 50.3 Å². The van der Waals surface area contributed by atoms with Crippen molar-refractivity contribution in [2.45, 2.75) is 47.0 Å². The van der Waals surface area contributed by atoms with Gasteiger partial charge in [0.05, 0.1) is 5.41 Å². The van der Waals surface area contributed by atoms with Crippen LogP contribution < -0.4 is 0 Å². The number of carboxylic acids is 1. The number of phenols is 1. The molecule has 0 saturated heterocycles. The molecule has 0 radical (unpaired) electrons.